The molecule has 1 rings (SSSR count). The van der Waals surface area contributed by atoms with E-state index < -0.39 is 0 Å². The maximum Gasteiger partial charge on any atom is 0.236 e. The third kappa shape index (κ3) is 7.86. The number of carbonyl (C=O) groups is 1. The number of aryl methyl sites for hydroxylation is 1. The minimum atomic E-state index is -0.136. The van der Waals surface area contributed by atoms with Crippen LogP contribution in [0.1, 0.15) is 46.1 Å². The van der Waals surface area contributed by atoms with E-state index in [1.807, 2.05) is 13.0 Å². The Labute approximate surface area is 129 Å². The highest BCUT2D eigenvalue weighted by molar-refractivity contribution is 5.81. The molecule has 0 aliphatic carbocycles. The Bertz CT molecular complexity index is 403. The van der Waals surface area contributed by atoms with E-state index in [9.17, 15) is 4.79 Å². The third-order valence-electron chi connectivity index (χ3n) is 3.66. The normalized spacial score (nSPS) is 14.0. The molecule has 0 bridgehead atoms. The minimum absolute atomic E-state index is 0.0993. The van der Waals surface area contributed by atoms with Crippen molar-refractivity contribution in [1.82, 2.24) is 10.6 Å². The molecule has 3 nitrogen and oxygen atoms in total. The highest BCUT2D eigenvalue weighted by Crippen LogP contribution is 2.05. The molecule has 2 unspecified atom stereocenters. The Kier molecular flexibility index (Phi) is 8.06. The predicted octanol–water partition coefficient (Wildman–Crippen LogP) is 3.15. The second kappa shape index (κ2) is 9.56. The summed E-state index contributed by atoms with van der Waals surface area (Å²) < 4.78 is 0. The summed E-state index contributed by atoms with van der Waals surface area (Å²) in [6.07, 6.45) is 3.10. The van der Waals surface area contributed by atoms with Crippen molar-refractivity contribution < 1.29 is 4.79 Å². The summed E-state index contributed by atoms with van der Waals surface area (Å²) >= 11 is 0. The fourth-order valence-electron chi connectivity index (χ4n) is 2.25. The summed E-state index contributed by atoms with van der Waals surface area (Å²) in [6, 6.07) is 10.7. The maximum atomic E-state index is 12.0. The van der Waals surface area contributed by atoms with Gasteiger partial charge in [0.25, 0.3) is 0 Å². The summed E-state index contributed by atoms with van der Waals surface area (Å²) in [7, 11) is 0. The molecular weight excluding hydrogens is 260 g/mol. The predicted molar refractivity (Wildman–Crippen MR) is 89.3 cm³/mol. The van der Waals surface area contributed by atoms with Crippen LogP contribution in [0.25, 0.3) is 0 Å². The van der Waals surface area contributed by atoms with Gasteiger partial charge < -0.3 is 10.6 Å². The molecule has 118 valence electrons. The lowest BCUT2D eigenvalue weighted by Crippen LogP contribution is -2.46. The lowest BCUT2D eigenvalue weighted by Gasteiger charge is -2.20. The average molecular weight is 290 g/mol. The van der Waals surface area contributed by atoms with Crippen LogP contribution in [0.3, 0.4) is 0 Å². The number of amides is 1. The molecule has 0 spiro atoms. The molecule has 1 aromatic carbocycles. The third-order valence-corrected chi connectivity index (χ3v) is 3.66. The molecule has 0 saturated heterocycles. The van der Waals surface area contributed by atoms with Crippen molar-refractivity contribution >= 4 is 5.91 Å². The van der Waals surface area contributed by atoms with Crippen LogP contribution >= 0.6 is 0 Å². The number of benzene rings is 1. The molecule has 0 aromatic heterocycles. The van der Waals surface area contributed by atoms with Crippen LogP contribution in [-0.4, -0.2) is 24.5 Å². The standard InChI is InChI=1S/C18H30N2O/c1-14(2)12-13-19-18(21)16(4)20-15(3)10-11-17-8-6-5-7-9-17/h5-9,14-16,20H,10-13H2,1-4H3,(H,19,21). The van der Waals surface area contributed by atoms with E-state index in [0.29, 0.717) is 12.0 Å². The topological polar surface area (TPSA) is 41.1 Å². The van der Waals surface area contributed by atoms with Crippen LogP contribution in [0.2, 0.25) is 0 Å². The van der Waals surface area contributed by atoms with Crippen molar-refractivity contribution in [1.29, 1.82) is 0 Å². The first-order valence-electron chi connectivity index (χ1n) is 8.06. The van der Waals surface area contributed by atoms with Crippen molar-refractivity contribution in [3.63, 3.8) is 0 Å². The molecule has 0 aliphatic heterocycles. The molecule has 0 saturated carbocycles. The van der Waals surface area contributed by atoms with E-state index in [4.69, 9.17) is 0 Å². The molecule has 1 aromatic rings. The Morgan fingerprint density at radius 3 is 2.33 bits per heavy atom. The van der Waals surface area contributed by atoms with Gasteiger partial charge in [-0.2, -0.15) is 0 Å². The minimum Gasteiger partial charge on any atom is -0.355 e. The van der Waals surface area contributed by atoms with Crippen LogP contribution in [0.4, 0.5) is 0 Å². The number of nitrogens with one attached hydrogen (secondary N) is 2. The summed E-state index contributed by atoms with van der Waals surface area (Å²) in [5, 5.41) is 6.37. The molecule has 21 heavy (non-hydrogen) atoms. The second-order valence-electron chi connectivity index (χ2n) is 6.29. The fourth-order valence-corrected chi connectivity index (χ4v) is 2.25. The Hall–Kier alpha value is -1.35. The lowest BCUT2D eigenvalue weighted by molar-refractivity contribution is -0.122. The molecule has 2 atom stereocenters. The van der Waals surface area contributed by atoms with E-state index >= 15 is 0 Å². The number of hydrogen-bond acceptors (Lipinski definition) is 2. The molecule has 0 radical (unpaired) electrons. The quantitative estimate of drug-likeness (QED) is 0.733. The van der Waals surface area contributed by atoms with Gasteiger partial charge in [-0.25, -0.2) is 0 Å². The van der Waals surface area contributed by atoms with Crippen LogP contribution in [-0.2, 0) is 11.2 Å². The molecule has 0 fully saturated rings. The van der Waals surface area contributed by atoms with E-state index in [-0.39, 0.29) is 11.9 Å². The first-order chi connectivity index (χ1) is 9.99. The monoisotopic (exact) mass is 290 g/mol. The van der Waals surface area contributed by atoms with Crippen molar-refractivity contribution in [3.05, 3.63) is 35.9 Å². The molecule has 1 amide bonds. The van der Waals surface area contributed by atoms with Gasteiger partial charge in [0.2, 0.25) is 5.91 Å². The molecular formula is C18H30N2O. The van der Waals surface area contributed by atoms with E-state index in [1.54, 1.807) is 0 Å². The van der Waals surface area contributed by atoms with Crippen molar-refractivity contribution in [3.8, 4) is 0 Å². The summed E-state index contributed by atoms with van der Waals surface area (Å²) in [4.78, 5) is 12.0. The number of rotatable bonds is 9. The number of hydrogen-bond donors (Lipinski definition) is 2. The Morgan fingerprint density at radius 1 is 1.05 bits per heavy atom. The number of carbonyl (C=O) groups excluding carboxylic acids is 1. The first-order valence-corrected chi connectivity index (χ1v) is 8.06. The SMILES string of the molecule is CC(C)CCNC(=O)C(C)NC(C)CCc1ccccc1. The zero-order chi connectivity index (χ0) is 15.7. The van der Waals surface area contributed by atoms with Gasteiger partial charge in [0.15, 0.2) is 0 Å². The van der Waals surface area contributed by atoms with Crippen LogP contribution < -0.4 is 10.6 Å². The molecule has 3 heteroatoms. The van der Waals surface area contributed by atoms with Crippen LogP contribution in [0, 0.1) is 5.92 Å². The van der Waals surface area contributed by atoms with Crippen LogP contribution in [0.15, 0.2) is 30.3 Å². The highest BCUT2D eigenvalue weighted by atomic mass is 16.2. The van der Waals surface area contributed by atoms with Gasteiger partial charge in [0.05, 0.1) is 6.04 Å². The van der Waals surface area contributed by atoms with E-state index in [0.717, 1.165) is 25.8 Å². The van der Waals surface area contributed by atoms with Gasteiger partial charge in [-0.15, -0.1) is 0 Å². The van der Waals surface area contributed by atoms with Crippen molar-refractivity contribution in [2.24, 2.45) is 5.92 Å². The fraction of sp³-hybridized carbons (Fsp3) is 0.611. The lowest BCUT2D eigenvalue weighted by atomic mass is 10.1. The Balaban J connectivity index is 2.23. The Morgan fingerprint density at radius 2 is 1.71 bits per heavy atom. The van der Waals surface area contributed by atoms with Gasteiger partial charge in [0.1, 0.15) is 0 Å². The summed E-state index contributed by atoms with van der Waals surface area (Å²) in [5.74, 6) is 0.723. The van der Waals surface area contributed by atoms with Gasteiger partial charge in [0, 0.05) is 12.6 Å². The van der Waals surface area contributed by atoms with Gasteiger partial charge >= 0.3 is 0 Å². The molecule has 2 N–H and O–H groups in total. The smallest absolute Gasteiger partial charge is 0.236 e. The maximum absolute atomic E-state index is 12.0. The van der Waals surface area contributed by atoms with E-state index in [1.165, 1.54) is 5.56 Å². The second-order valence-corrected chi connectivity index (χ2v) is 6.29. The molecule has 0 heterocycles. The van der Waals surface area contributed by atoms with Gasteiger partial charge in [-0.1, -0.05) is 44.2 Å². The molecule has 0 aliphatic rings. The van der Waals surface area contributed by atoms with E-state index in [2.05, 4.69) is 55.7 Å². The van der Waals surface area contributed by atoms with Crippen molar-refractivity contribution in [2.45, 2.75) is 59.0 Å². The summed E-state index contributed by atoms with van der Waals surface area (Å²) in [5.41, 5.74) is 1.35. The van der Waals surface area contributed by atoms with Crippen molar-refractivity contribution in [2.75, 3.05) is 6.54 Å². The largest absolute Gasteiger partial charge is 0.355 e. The zero-order valence-corrected chi connectivity index (χ0v) is 13.9. The van der Waals surface area contributed by atoms with Gasteiger partial charge in [-0.3, -0.25) is 4.79 Å². The first kappa shape index (κ1) is 17.7. The average Bonchev–Trinajstić information content (AvgIpc) is 2.45. The van der Waals surface area contributed by atoms with Gasteiger partial charge in [-0.05, 0) is 44.6 Å². The highest BCUT2D eigenvalue weighted by Gasteiger charge is 2.14. The zero-order valence-electron chi connectivity index (χ0n) is 13.9. The van der Waals surface area contributed by atoms with Crippen LogP contribution in [0.5, 0.6) is 0 Å². The summed E-state index contributed by atoms with van der Waals surface area (Å²) in [6.45, 7) is 9.17.